The Morgan fingerprint density at radius 1 is 1.17 bits per heavy atom. The van der Waals surface area contributed by atoms with E-state index in [0.717, 1.165) is 0 Å². The van der Waals surface area contributed by atoms with Crippen molar-refractivity contribution in [2.24, 2.45) is 0 Å². The number of carbonyl (C=O) groups is 1. The lowest BCUT2D eigenvalue weighted by Gasteiger charge is -2.18. The van der Waals surface area contributed by atoms with Crippen molar-refractivity contribution >= 4 is 15.9 Å². The van der Waals surface area contributed by atoms with Gasteiger partial charge in [0.25, 0.3) is 5.91 Å². The molecule has 0 aliphatic rings. The van der Waals surface area contributed by atoms with E-state index in [9.17, 15) is 13.2 Å². The maximum absolute atomic E-state index is 12.4. The predicted octanol–water partition coefficient (Wildman–Crippen LogP) is 1.34. The first-order valence-electron chi connectivity index (χ1n) is 7.55. The maximum Gasteiger partial charge on any atom is 0.251 e. The quantitative estimate of drug-likeness (QED) is 0.806. The third-order valence-electron chi connectivity index (χ3n) is 3.43. The third kappa shape index (κ3) is 3.98. The Bertz CT molecular complexity index is 795. The zero-order valence-corrected chi connectivity index (χ0v) is 14.6. The Kier molecular flexibility index (Phi) is 5.68. The molecule has 8 nitrogen and oxygen atoms in total. The average molecular weight is 352 g/mol. The molecule has 0 saturated heterocycles. The van der Waals surface area contributed by atoms with Gasteiger partial charge >= 0.3 is 0 Å². The smallest absolute Gasteiger partial charge is 0.251 e. The van der Waals surface area contributed by atoms with Gasteiger partial charge in [-0.15, -0.1) is 10.2 Å². The van der Waals surface area contributed by atoms with E-state index in [1.807, 2.05) is 0 Å². The van der Waals surface area contributed by atoms with Crippen LogP contribution in [-0.4, -0.2) is 41.9 Å². The molecule has 0 aliphatic heterocycles. The van der Waals surface area contributed by atoms with Crippen LogP contribution in [0.3, 0.4) is 0 Å². The zero-order valence-electron chi connectivity index (χ0n) is 13.8. The molecule has 0 fully saturated rings. The van der Waals surface area contributed by atoms with Crippen molar-refractivity contribution in [2.75, 3.05) is 13.1 Å². The number of hydrogen-bond acceptors (Lipinski definition) is 6. The van der Waals surface area contributed by atoms with Gasteiger partial charge in [0, 0.05) is 25.6 Å². The summed E-state index contributed by atoms with van der Waals surface area (Å²) in [5.74, 6) is 0.379. The molecule has 130 valence electrons. The van der Waals surface area contributed by atoms with Gasteiger partial charge in [0.15, 0.2) is 0 Å². The summed E-state index contributed by atoms with van der Waals surface area (Å²) in [5.41, 5.74) is 0.352. The molecule has 9 heteroatoms. The topological polar surface area (TPSA) is 105 Å². The van der Waals surface area contributed by atoms with Crippen LogP contribution in [-0.2, 0) is 16.6 Å². The Hall–Kier alpha value is -2.26. The summed E-state index contributed by atoms with van der Waals surface area (Å²) in [6.45, 7) is 6.12. The third-order valence-corrected chi connectivity index (χ3v) is 5.49. The molecule has 2 rings (SSSR count). The summed E-state index contributed by atoms with van der Waals surface area (Å²) in [6.07, 6.45) is 0. The number of amides is 1. The highest BCUT2D eigenvalue weighted by Gasteiger charge is 2.21. The van der Waals surface area contributed by atoms with Crippen molar-refractivity contribution in [1.82, 2.24) is 19.8 Å². The molecule has 0 saturated carbocycles. The molecule has 1 N–H and O–H groups in total. The Morgan fingerprint density at radius 2 is 1.79 bits per heavy atom. The van der Waals surface area contributed by atoms with Crippen molar-refractivity contribution in [3.63, 3.8) is 0 Å². The molecule has 0 atom stereocenters. The largest absolute Gasteiger partial charge is 0.424 e. The number of benzene rings is 1. The predicted molar refractivity (Wildman–Crippen MR) is 86.8 cm³/mol. The number of rotatable bonds is 7. The second-order valence-electron chi connectivity index (χ2n) is 5.01. The van der Waals surface area contributed by atoms with Crippen molar-refractivity contribution in [3.05, 3.63) is 41.6 Å². The summed E-state index contributed by atoms with van der Waals surface area (Å²) >= 11 is 0. The molecule has 1 heterocycles. The minimum absolute atomic E-state index is 0.110. The number of nitrogens with zero attached hydrogens (tertiary/aromatic N) is 3. The van der Waals surface area contributed by atoms with Gasteiger partial charge in [0.2, 0.25) is 21.8 Å². The van der Waals surface area contributed by atoms with Crippen LogP contribution in [0, 0.1) is 6.92 Å². The molecule has 0 unspecified atom stereocenters. The Morgan fingerprint density at radius 3 is 2.29 bits per heavy atom. The average Bonchev–Trinajstić information content (AvgIpc) is 2.99. The van der Waals surface area contributed by atoms with Crippen molar-refractivity contribution < 1.29 is 17.6 Å². The highest BCUT2D eigenvalue weighted by Crippen LogP contribution is 2.16. The van der Waals surface area contributed by atoms with Crippen molar-refractivity contribution in [2.45, 2.75) is 32.2 Å². The molecule has 24 heavy (non-hydrogen) atoms. The molecule has 0 bridgehead atoms. The van der Waals surface area contributed by atoms with Gasteiger partial charge in [-0.05, 0) is 24.3 Å². The second-order valence-corrected chi connectivity index (χ2v) is 6.95. The first-order valence-corrected chi connectivity index (χ1v) is 8.99. The minimum Gasteiger partial charge on any atom is -0.424 e. The number of aromatic nitrogens is 2. The SMILES string of the molecule is CCN(CC)S(=O)(=O)c1ccc(C(=O)NCc2nnc(C)o2)cc1. The molecular formula is C15H20N4O4S. The van der Waals surface area contributed by atoms with Gasteiger partial charge < -0.3 is 9.73 Å². The van der Waals surface area contributed by atoms with Gasteiger partial charge in [-0.25, -0.2) is 8.42 Å². The molecule has 1 aromatic heterocycles. The van der Waals surface area contributed by atoms with Crippen LogP contribution in [0.25, 0.3) is 0 Å². The number of aryl methyl sites for hydroxylation is 1. The lowest BCUT2D eigenvalue weighted by molar-refractivity contribution is 0.0947. The molecule has 1 aromatic carbocycles. The van der Waals surface area contributed by atoms with Gasteiger partial charge in [-0.1, -0.05) is 13.8 Å². The van der Waals surface area contributed by atoms with Crippen LogP contribution >= 0.6 is 0 Å². The van der Waals surface area contributed by atoms with E-state index in [-0.39, 0.29) is 17.3 Å². The number of hydrogen-bond donors (Lipinski definition) is 1. The van der Waals surface area contributed by atoms with Crippen molar-refractivity contribution in [3.8, 4) is 0 Å². The van der Waals surface area contributed by atoms with E-state index in [1.165, 1.54) is 28.6 Å². The highest BCUT2D eigenvalue weighted by molar-refractivity contribution is 7.89. The molecule has 0 aliphatic carbocycles. The van der Waals surface area contributed by atoms with Gasteiger partial charge in [0.05, 0.1) is 11.4 Å². The molecule has 1 amide bonds. The molecule has 2 aromatic rings. The highest BCUT2D eigenvalue weighted by atomic mass is 32.2. The summed E-state index contributed by atoms with van der Waals surface area (Å²) in [6, 6.07) is 5.81. The fourth-order valence-corrected chi connectivity index (χ4v) is 3.62. The molecule has 0 radical (unpaired) electrons. The number of carbonyl (C=O) groups excluding carboxylic acids is 1. The fraction of sp³-hybridized carbons (Fsp3) is 0.400. The Labute approximate surface area is 140 Å². The Balaban J connectivity index is 2.07. The van der Waals surface area contributed by atoms with E-state index < -0.39 is 10.0 Å². The van der Waals surface area contributed by atoms with Crippen LogP contribution in [0.1, 0.15) is 36.0 Å². The summed E-state index contributed by atoms with van der Waals surface area (Å²) in [4.78, 5) is 12.2. The van der Waals surface area contributed by atoms with E-state index in [4.69, 9.17) is 4.42 Å². The maximum atomic E-state index is 12.4. The number of sulfonamides is 1. The number of nitrogens with one attached hydrogen (secondary N) is 1. The lowest BCUT2D eigenvalue weighted by atomic mass is 10.2. The summed E-state index contributed by atoms with van der Waals surface area (Å²) < 4.78 is 31.3. The fourth-order valence-electron chi connectivity index (χ4n) is 2.16. The van der Waals surface area contributed by atoms with Crippen LogP contribution in [0.2, 0.25) is 0 Å². The van der Waals surface area contributed by atoms with Crippen LogP contribution < -0.4 is 5.32 Å². The van der Waals surface area contributed by atoms with Crippen LogP contribution in [0.5, 0.6) is 0 Å². The normalized spacial score (nSPS) is 11.7. The lowest BCUT2D eigenvalue weighted by Crippen LogP contribution is -2.30. The second kappa shape index (κ2) is 7.54. The van der Waals surface area contributed by atoms with Gasteiger partial charge in [0.1, 0.15) is 0 Å². The van der Waals surface area contributed by atoms with Gasteiger partial charge in [-0.3, -0.25) is 4.79 Å². The van der Waals surface area contributed by atoms with Crippen LogP contribution in [0.4, 0.5) is 0 Å². The first-order chi connectivity index (χ1) is 11.4. The minimum atomic E-state index is -3.53. The zero-order chi connectivity index (χ0) is 17.7. The van der Waals surface area contributed by atoms with E-state index in [2.05, 4.69) is 15.5 Å². The van der Waals surface area contributed by atoms with E-state index in [1.54, 1.807) is 20.8 Å². The van der Waals surface area contributed by atoms with Gasteiger partial charge in [-0.2, -0.15) is 4.31 Å². The van der Waals surface area contributed by atoms with Crippen LogP contribution in [0.15, 0.2) is 33.6 Å². The van der Waals surface area contributed by atoms with E-state index >= 15 is 0 Å². The first kappa shape index (κ1) is 18.1. The van der Waals surface area contributed by atoms with E-state index in [0.29, 0.717) is 30.4 Å². The molecule has 0 spiro atoms. The monoisotopic (exact) mass is 352 g/mol. The summed E-state index contributed by atoms with van der Waals surface area (Å²) in [7, 11) is -3.53. The standard InChI is InChI=1S/C15H20N4O4S/c1-4-19(5-2)24(21,22)13-8-6-12(7-9-13)15(20)16-10-14-18-17-11(3)23-14/h6-9H,4-5,10H2,1-3H3,(H,16,20). The summed E-state index contributed by atoms with van der Waals surface area (Å²) in [5, 5.41) is 10.1. The van der Waals surface area contributed by atoms with Crippen molar-refractivity contribution in [1.29, 1.82) is 0 Å². The molecular weight excluding hydrogens is 332 g/mol.